The summed E-state index contributed by atoms with van der Waals surface area (Å²) in [6.07, 6.45) is 6.22. The molecular formula is C11H20N4. The van der Waals surface area contributed by atoms with Gasteiger partial charge in [-0.1, -0.05) is 26.7 Å². The van der Waals surface area contributed by atoms with E-state index in [2.05, 4.69) is 29.0 Å². The molecule has 1 aliphatic rings. The Kier molecular flexibility index (Phi) is 2.67. The van der Waals surface area contributed by atoms with Crippen LogP contribution in [0.3, 0.4) is 0 Å². The molecule has 0 aromatic carbocycles. The summed E-state index contributed by atoms with van der Waals surface area (Å²) in [5.74, 6) is 2.07. The summed E-state index contributed by atoms with van der Waals surface area (Å²) in [7, 11) is 0. The second-order valence-corrected chi connectivity index (χ2v) is 5.13. The number of nitrogens with two attached hydrogens (primary N) is 1. The molecule has 0 saturated heterocycles. The van der Waals surface area contributed by atoms with Gasteiger partial charge in [-0.2, -0.15) is 4.98 Å². The zero-order valence-electron chi connectivity index (χ0n) is 9.58. The van der Waals surface area contributed by atoms with E-state index in [0.29, 0.717) is 11.9 Å². The molecule has 0 radical (unpaired) electrons. The van der Waals surface area contributed by atoms with E-state index >= 15 is 0 Å². The molecule has 84 valence electrons. The molecular weight excluding hydrogens is 188 g/mol. The molecule has 1 aromatic rings. The maximum Gasteiger partial charge on any atom is 0.239 e. The highest BCUT2D eigenvalue weighted by atomic mass is 15.3. The molecule has 0 spiro atoms. The van der Waals surface area contributed by atoms with E-state index in [1.807, 2.05) is 0 Å². The molecule has 1 heterocycles. The van der Waals surface area contributed by atoms with Crippen molar-refractivity contribution >= 4 is 5.95 Å². The Labute approximate surface area is 90.7 Å². The molecule has 0 bridgehead atoms. The van der Waals surface area contributed by atoms with Crippen molar-refractivity contribution < 1.29 is 0 Å². The van der Waals surface area contributed by atoms with Gasteiger partial charge in [0.15, 0.2) is 0 Å². The van der Waals surface area contributed by atoms with E-state index in [1.54, 1.807) is 0 Å². The molecule has 2 rings (SSSR count). The van der Waals surface area contributed by atoms with Gasteiger partial charge >= 0.3 is 0 Å². The quantitative estimate of drug-likeness (QED) is 0.800. The third kappa shape index (κ3) is 1.98. The van der Waals surface area contributed by atoms with Crippen LogP contribution in [-0.4, -0.2) is 15.2 Å². The highest BCUT2D eigenvalue weighted by Gasteiger charge is 2.38. The Morgan fingerprint density at radius 3 is 2.53 bits per heavy atom. The predicted octanol–water partition coefficient (Wildman–Crippen LogP) is 2.24. The lowest BCUT2D eigenvalue weighted by molar-refractivity contribution is 0.330. The Morgan fingerprint density at radius 2 is 2.07 bits per heavy atom. The van der Waals surface area contributed by atoms with E-state index in [9.17, 15) is 0 Å². The zero-order chi connectivity index (χ0) is 10.9. The van der Waals surface area contributed by atoms with Crippen molar-refractivity contribution in [3.63, 3.8) is 0 Å². The number of H-pyrrole nitrogens is 1. The van der Waals surface area contributed by atoms with Crippen LogP contribution in [0.2, 0.25) is 0 Å². The molecule has 0 amide bonds. The average Bonchev–Trinajstić information content (AvgIpc) is 2.73. The van der Waals surface area contributed by atoms with Gasteiger partial charge in [0.25, 0.3) is 0 Å². The van der Waals surface area contributed by atoms with Crippen LogP contribution < -0.4 is 5.73 Å². The van der Waals surface area contributed by atoms with Crippen LogP contribution in [0.15, 0.2) is 0 Å². The number of anilines is 1. The van der Waals surface area contributed by atoms with Crippen molar-refractivity contribution in [2.75, 3.05) is 5.73 Å². The first kappa shape index (κ1) is 10.5. The van der Waals surface area contributed by atoms with E-state index < -0.39 is 0 Å². The molecule has 0 atom stereocenters. The van der Waals surface area contributed by atoms with E-state index in [0.717, 1.165) is 5.82 Å². The van der Waals surface area contributed by atoms with Crippen molar-refractivity contribution in [3.8, 4) is 0 Å². The van der Waals surface area contributed by atoms with Crippen LogP contribution in [0.25, 0.3) is 0 Å². The van der Waals surface area contributed by atoms with Crippen molar-refractivity contribution in [2.45, 2.75) is 51.4 Å². The molecule has 1 fully saturated rings. The van der Waals surface area contributed by atoms with Gasteiger partial charge in [0.05, 0.1) is 0 Å². The number of aromatic amines is 1. The topological polar surface area (TPSA) is 67.6 Å². The number of hydrogen-bond donors (Lipinski definition) is 2. The number of hydrogen-bond acceptors (Lipinski definition) is 3. The summed E-state index contributed by atoms with van der Waals surface area (Å²) in [5.41, 5.74) is 5.80. The Hall–Kier alpha value is -1.06. The molecule has 1 aliphatic carbocycles. The van der Waals surface area contributed by atoms with Crippen LogP contribution in [0, 0.1) is 5.92 Å². The normalized spacial score (nSPS) is 19.9. The zero-order valence-corrected chi connectivity index (χ0v) is 9.58. The lowest BCUT2D eigenvalue weighted by Crippen LogP contribution is -2.26. The van der Waals surface area contributed by atoms with Crippen LogP contribution in [0.5, 0.6) is 0 Å². The number of rotatable bonds is 3. The first-order chi connectivity index (χ1) is 7.12. The molecule has 4 heteroatoms. The minimum absolute atomic E-state index is 0.221. The summed E-state index contributed by atoms with van der Waals surface area (Å²) in [4.78, 5) is 4.33. The maximum absolute atomic E-state index is 5.58. The van der Waals surface area contributed by atoms with E-state index in [-0.39, 0.29) is 5.41 Å². The van der Waals surface area contributed by atoms with Gasteiger partial charge in [0, 0.05) is 5.41 Å². The molecule has 15 heavy (non-hydrogen) atoms. The fraction of sp³-hybridized carbons (Fsp3) is 0.818. The summed E-state index contributed by atoms with van der Waals surface area (Å²) in [5, 5.41) is 6.96. The number of nitrogen functional groups attached to an aromatic ring is 1. The summed E-state index contributed by atoms with van der Waals surface area (Å²) < 4.78 is 0. The molecule has 0 aliphatic heterocycles. The predicted molar refractivity (Wildman–Crippen MR) is 60.4 cm³/mol. The Balaban J connectivity index is 2.26. The van der Waals surface area contributed by atoms with Gasteiger partial charge < -0.3 is 5.73 Å². The summed E-state index contributed by atoms with van der Waals surface area (Å²) in [6, 6.07) is 0. The monoisotopic (exact) mass is 208 g/mol. The summed E-state index contributed by atoms with van der Waals surface area (Å²) >= 11 is 0. The number of aromatic nitrogens is 3. The van der Waals surface area contributed by atoms with Gasteiger partial charge in [-0.05, 0) is 25.2 Å². The third-order valence-corrected chi connectivity index (χ3v) is 3.36. The lowest BCUT2D eigenvalue weighted by atomic mass is 9.78. The highest BCUT2D eigenvalue weighted by molar-refractivity contribution is 5.19. The van der Waals surface area contributed by atoms with E-state index in [4.69, 9.17) is 5.73 Å². The first-order valence-electron chi connectivity index (χ1n) is 5.81. The van der Waals surface area contributed by atoms with Gasteiger partial charge in [-0.25, -0.2) is 0 Å². The fourth-order valence-corrected chi connectivity index (χ4v) is 2.88. The minimum atomic E-state index is 0.221. The third-order valence-electron chi connectivity index (χ3n) is 3.36. The minimum Gasteiger partial charge on any atom is -0.367 e. The number of nitrogens with one attached hydrogen (secondary N) is 1. The van der Waals surface area contributed by atoms with Gasteiger partial charge in [0.2, 0.25) is 5.95 Å². The maximum atomic E-state index is 5.58. The molecule has 4 nitrogen and oxygen atoms in total. The average molecular weight is 208 g/mol. The molecule has 1 saturated carbocycles. The first-order valence-corrected chi connectivity index (χ1v) is 5.81. The SMILES string of the molecule is CC(C)CC1(c2nc(N)n[nH]2)CCCC1. The van der Waals surface area contributed by atoms with Gasteiger partial charge in [0.1, 0.15) is 5.82 Å². The fourth-order valence-electron chi connectivity index (χ4n) is 2.88. The van der Waals surface area contributed by atoms with Crippen LogP contribution in [-0.2, 0) is 5.41 Å². The van der Waals surface area contributed by atoms with Crippen LogP contribution >= 0.6 is 0 Å². The van der Waals surface area contributed by atoms with Crippen molar-refractivity contribution in [3.05, 3.63) is 5.82 Å². The van der Waals surface area contributed by atoms with E-state index in [1.165, 1.54) is 32.1 Å². The Bertz CT molecular complexity index is 323. The second-order valence-electron chi connectivity index (χ2n) is 5.13. The van der Waals surface area contributed by atoms with Gasteiger partial charge in [-0.3, -0.25) is 5.10 Å². The Morgan fingerprint density at radius 1 is 1.40 bits per heavy atom. The molecule has 0 unspecified atom stereocenters. The van der Waals surface area contributed by atoms with Gasteiger partial charge in [-0.15, -0.1) is 5.10 Å². The van der Waals surface area contributed by atoms with Crippen molar-refractivity contribution in [1.29, 1.82) is 0 Å². The lowest BCUT2D eigenvalue weighted by Gasteiger charge is -2.28. The standard InChI is InChI=1S/C11H20N4/c1-8(2)7-11(5-3-4-6-11)9-13-10(12)15-14-9/h8H,3-7H2,1-2H3,(H3,12,13,14,15). The van der Waals surface area contributed by atoms with Crippen molar-refractivity contribution in [2.24, 2.45) is 5.92 Å². The largest absolute Gasteiger partial charge is 0.367 e. The van der Waals surface area contributed by atoms with Crippen molar-refractivity contribution in [1.82, 2.24) is 15.2 Å². The van der Waals surface area contributed by atoms with Crippen LogP contribution in [0.1, 0.15) is 51.8 Å². The second kappa shape index (κ2) is 3.83. The number of nitrogens with zero attached hydrogens (tertiary/aromatic N) is 2. The molecule has 3 N–H and O–H groups in total. The highest BCUT2D eigenvalue weighted by Crippen LogP contribution is 2.44. The van der Waals surface area contributed by atoms with Crippen LogP contribution in [0.4, 0.5) is 5.95 Å². The summed E-state index contributed by atoms with van der Waals surface area (Å²) in [6.45, 7) is 4.53. The smallest absolute Gasteiger partial charge is 0.239 e. The molecule has 1 aromatic heterocycles.